The van der Waals surface area contributed by atoms with E-state index in [1.807, 2.05) is 98.3 Å². The molecule has 0 spiro atoms. The molecular weight excluding hydrogens is 396 g/mol. The third-order valence-electron chi connectivity index (χ3n) is 4.25. The summed E-state index contributed by atoms with van der Waals surface area (Å²) >= 11 is 6.04. The maximum absolute atomic E-state index is 6.04. The fraction of sp³-hybridized carbons (Fsp3) is 0.217. The van der Waals surface area contributed by atoms with Gasteiger partial charge in [-0.25, -0.2) is 9.55 Å². The first kappa shape index (κ1) is 23.0. The minimum absolute atomic E-state index is 0. The number of fused-ring (bicyclic) bond motifs is 1. The number of halogens is 1. The summed E-state index contributed by atoms with van der Waals surface area (Å²) in [7, 11) is 1.98. The molecule has 1 aromatic carbocycles. The Labute approximate surface area is 182 Å². The van der Waals surface area contributed by atoms with Crippen molar-refractivity contribution in [3.63, 3.8) is 0 Å². The summed E-state index contributed by atoms with van der Waals surface area (Å²) in [6.45, 7) is 5.94. The Hall–Kier alpha value is -3.25. The molecule has 6 nitrogen and oxygen atoms in total. The number of imidazole rings is 1. The molecule has 3 aromatic heterocycles. The van der Waals surface area contributed by atoms with E-state index in [1.165, 1.54) is 0 Å². The Kier molecular flexibility index (Phi) is 8.07. The number of anilines is 1. The van der Waals surface area contributed by atoms with Crippen LogP contribution < -0.4 is 9.99 Å². The van der Waals surface area contributed by atoms with Crippen LogP contribution in [0.5, 0.6) is 0 Å². The van der Waals surface area contributed by atoms with E-state index in [1.54, 1.807) is 6.20 Å². The van der Waals surface area contributed by atoms with Crippen molar-refractivity contribution in [2.75, 3.05) is 5.43 Å². The van der Waals surface area contributed by atoms with Gasteiger partial charge < -0.3 is 0 Å². The molecule has 0 fully saturated rings. The number of hydrogen-bond acceptors (Lipinski definition) is 4. The number of aromatic nitrogens is 4. The highest BCUT2D eigenvalue weighted by molar-refractivity contribution is 6.31. The van der Waals surface area contributed by atoms with Gasteiger partial charge >= 0.3 is 0 Å². The van der Waals surface area contributed by atoms with Gasteiger partial charge in [0.05, 0.1) is 24.0 Å². The van der Waals surface area contributed by atoms with E-state index in [0.717, 1.165) is 33.7 Å². The van der Waals surface area contributed by atoms with Crippen molar-refractivity contribution in [2.24, 2.45) is 12.1 Å². The van der Waals surface area contributed by atoms with Crippen molar-refractivity contribution in [3.8, 4) is 5.82 Å². The van der Waals surface area contributed by atoms with Crippen molar-refractivity contribution in [1.29, 1.82) is 0 Å². The molecule has 0 unspecified atom stereocenters. The quantitative estimate of drug-likeness (QED) is 0.271. The summed E-state index contributed by atoms with van der Waals surface area (Å²) in [4.78, 5) is 8.86. The van der Waals surface area contributed by atoms with Crippen LogP contribution in [-0.2, 0) is 7.05 Å². The number of rotatable bonds is 4. The monoisotopic (exact) mass is 423 g/mol. The summed E-state index contributed by atoms with van der Waals surface area (Å²) in [6.07, 6.45) is 9.45. The molecule has 1 N–H and O–H groups in total. The van der Waals surface area contributed by atoms with Gasteiger partial charge in [-0.15, -0.1) is 0 Å². The summed E-state index contributed by atoms with van der Waals surface area (Å²) in [6, 6.07) is 11.5. The van der Waals surface area contributed by atoms with Crippen molar-refractivity contribution >= 4 is 33.9 Å². The second-order valence-corrected chi connectivity index (χ2v) is 6.66. The number of aryl methyl sites for hydroxylation is 1. The molecule has 0 aliphatic carbocycles. The molecule has 0 bridgehead atoms. The lowest BCUT2D eigenvalue weighted by Crippen LogP contribution is -2.23. The zero-order valence-corrected chi connectivity index (χ0v) is 17.7. The minimum atomic E-state index is 0. The predicted octanol–water partition coefficient (Wildman–Crippen LogP) is 5.40. The average molecular weight is 424 g/mol. The fourth-order valence-corrected chi connectivity index (χ4v) is 2.93. The standard InChI is InChI=1S/C20H18ClN6.C2H6.CH4/c1-14(15-3-6-20(23-12-15)27-10-9-26(2)13-27)24-25-18-7-8-22-19-11-16(21)4-5-17(18)19;1-2;/h3-13H,1-2H3,(H,22,25);1-2H3;1H4/q+1;;/b24-14+;;. The van der Waals surface area contributed by atoms with Crippen LogP contribution in [-0.4, -0.2) is 20.2 Å². The van der Waals surface area contributed by atoms with Crippen molar-refractivity contribution in [2.45, 2.75) is 28.2 Å². The molecule has 0 aliphatic rings. The lowest BCUT2D eigenvalue weighted by atomic mass is 10.2. The maximum Gasteiger partial charge on any atom is 0.250 e. The van der Waals surface area contributed by atoms with Gasteiger partial charge in [0.15, 0.2) is 0 Å². The number of benzene rings is 1. The first-order chi connectivity index (χ1) is 14.1. The second-order valence-electron chi connectivity index (χ2n) is 6.22. The normalized spacial score (nSPS) is 10.8. The van der Waals surface area contributed by atoms with Gasteiger partial charge in [0.2, 0.25) is 12.1 Å². The third-order valence-corrected chi connectivity index (χ3v) is 4.48. The van der Waals surface area contributed by atoms with Gasteiger partial charge in [0.25, 0.3) is 0 Å². The van der Waals surface area contributed by atoms with Gasteiger partial charge in [0, 0.05) is 34.4 Å². The lowest BCUT2D eigenvalue weighted by molar-refractivity contribution is -0.670. The Balaban J connectivity index is 0.00000104. The van der Waals surface area contributed by atoms with Crippen LogP contribution in [0.15, 0.2) is 72.6 Å². The van der Waals surface area contributed by atoms with Crippen LogP contribution in [0.4, 0.5) is 5.69 Å². The predicted molar refractivity (Wildman–Crippen MR) is 125 cm³/mol. The molecule has 0 aliphatic heterocycles. The van der Waals surface area contributed by atoms with E-state index in [-0.39, 0.29) is 7.43 Å². The minimum Gasteiger partial charge on any atom is -0.277 e. The first-order valence-corrected chi connectivity index (χ1v) is 9.82. The van der Waals surface area contributed by atoms with Crippen LogP contribution >= 0.6 is 11.6 Å². The summed E-state index contributed by atoms with van der Waals surface area (Å²) in [5.74, 6) is 0.858. The van der Waals surface area contributed by atoms with E-state index >= 15 is 0 Å². The van der Waals surface area contributed by atoms with Crippen LogP contribution in [0.1, 0.15) is 33.8 Å². The Morgan fingerprint density at radius 3 is 2.60 bits per heavy atom. The molecule has 156 valence electrons. The lowest BCUT2D eigenvalue weighted by Gasteiger charge is -2.07. The van der Waals surface area contributed by atoms with Crippen LogP contribution in [0.2, 0.25) is 5.02 Å². The van der Waals surface area contributed by atoms with Gasteiger partial charge in [-0.3, -0.25) is 10.4 Å². The molecule has 0 atom stereocenters. The van der Waals surface area contributed by atoms with Crippen molar-refractivity contribution in [1.82, 2.24) is 14.5 Å². The van der Waals surface area contributed by atoms with E-state index in [9.17, 15) is 0 Å². The number of nitrogens with one attached hydrogen (secondary N) is 1. The summed E-state index contributed by atoms with van der Waals surface area (Å²) < 4.78 is 3.93. The zero-order valence-electron chi connectivity index (χ0n) is 17.0. The molecule has 0 saturated heterocycles. The molecule has 4 aromatic rings. The van der Waals surface area contributed by atoms with Gasteiger partial charge in [-0.1, -0.05) is 32.9 Å². The van der Waals surface area contributed by atoms with Crippen LogP contribution in [0.25, 0.3) is 16.7 Å². The second kappa shape index (κ2) is 10.5. The third kappa shape index (κ3) is 5.21. The molecule has 0 amide bonds. The highest BCUT2D eigenvalue weighted by Crippen LogP contribution is 2.24. The number of pyridine rings is 2. The molecule has 7 heteroatoms. The molecule has 30 heavy (non-hydrogen) atoms. The van der Waals surface area contributed by atoms with Crippen LogP contribution in [0.3, 0.4) is 0 Å². The van der Waals surface area contributed by atoms with Gasteiger partial charge in [-0.05, 0) is 37.3 Å². The zero-order chi connectivity index (χ0) is 20.8. The highest BCUT2D eigenvalue weighted by atomic mass is 35.5. The molecule has 4 rings (SSSR count). The van der Waals surface area contributed by atoms with E-state index in [2.05, 4.69) is 20.5 Å². The molecule has 0 saturated carbocycles. The fourth-order valence-electron chi connectivity index (χ4n) is 2.77. The largest absolute Gasteiger partial charge is 0.277 e. The SMILES string of the molecule is C.C/C(=N\Nc1ccnc2cc(Cl)ccc12)c1ccc(-n2cc[n+](C)c2)nc1.CC. The Morgan fingerprint density at radius 2 is 1.93 bits per heavy atom. The van der Waals surface area contributed by atoms with E-state index in [0.29, 0.717) is 5.02 Å². The maximum atomic E-state index is 6.04. The van der Waals surface area contributed by atoms with Crippen molar-refractivity contribution in [3.05, 3.63) is 78.1 Å². The number of nitrogens with zero attached hydrogens (tertiary/aromatic N) is 5. The first-order valence-electron chi connectivity index (χ1n) is 9.45. The Morgan fingerprint density at radius 1 is 1.13 bits per heavy atom. The van der Waals surface area contributed by atoms with Crippen LogP contribution in [0, 0.1) is 0 Å². The van der Waals surface area contributed by atoms with Crippen molar-refractivity contribution < 1.29 is 4.57 Å². The molecular formula is C23H28ClN6+. The highest BCUT2D eigenvalue weighted by Gasteiger charge is 2.07. The average Bonchev–Trinajstić information content (AvgIpc) is 3.19. The van der Waals surface area contributed by atoms with E-state index in [4.69, 9.17) is 11.6 Å². The summed E-state index contributed by atoms with van der Waals surface area (Å²) in [5.41, 5.74) is 6.61. The molecule has 0 radical (unpaired) electrons. The smallest absolute Gasteiger partial charge is 0.250 e. The van der Waals surface area contributed by atoms with E-state index < -0.39 is 0 Å². The molecule has 3 heterocycles. The van der Waals surface area contributed by atoms with Gasteiger partial charge in [0.1, 0.15) is 12.4 Å². The van der Waals surface area contributed by atoms with Gasteiger partial charge in [-0.2, -0.15) is 9.67 Å². The number of hydrazone groups is 1. The number of hydrogen-bond donors (Lipinski definition) is 1. The Bertz CT molecular complexity index is 1130. The summed E-state index contributed by atoms with van der Waals surface area (Å²) in [5, 5.41) is 6.13. The topological polar surface area (TPSA) is 59.0 Å².